The number of alkyl halides is 3. The van der Waals surface area contributed by atoms with Crippen molar-refractivity contribution in [2.75, 3.05) is 5.73 Å². The molecule has 0 radical (unpaired) electrons. The van der Waals surface area contributed by atoms with E-state index in [1.165, 1.54) is 18.6 Å². The second-order valence-electron chi connectivity index (χ2n) is 5.53. The maximum atomic E-state index is 13.0. The van der Waals surface area contributed by atoms with Gasteiger partial charge in [0.25, 0.3) is 0 Å². The minimum Gasteiger partial charge on any atom is -0.399 e. The van der Waals surface area contributed by atoms with Crippen molar-refractivity contribution in [3.8, 4) is 0 Å². The molecular weight excluding hydrogens is 267 g/mol. The van der Waals surface area contributed by atoms with E-state index in [-0.39, 0.29) is 24.0 Å². The van der Waals surface area contributed by atoms with Gasteiger partial charge in [0.05, 0.1) is 18.3 Å². The van der Waals surface area contributed by atoms with E-state index in [0.29, 0.717) is 5.92 Å². The summed E-state index contributed by atoms with van der Waals surface area (Å²) in [5.41, 5.74) is 5.03. The highest BCUT2D eigenvalue weighted by molar-refractivity contribution is 5.45. The lowest BCUT2D eigenvalue weighted by molar-refractivity contribution is -0.139. The molecule has 0 amide bonds. The molecule has 0 aliphatic heterocycles. The first-order valence-electron chi connectivity index (χ1n) is 6.95. The first-order chi connectivity index (χ1) is 9.38. The Labute approximate surface area is 117 Å². The van der Waals surface area contributed by atoms with Crippen LogP contribution in [0.15, 0.2) is 18.2 Å². The summed E-state index contributed by atoms with van der Waals surface area (Å²) in [4.78, 5) is 0. The standard InChI is InChI=1S/C15H20F3NO/c1-10-4-2-3-5-14(10)20-9-11-6-7-12(19)8-13(11)15(16,17)18/h6-8,10,14H,2-5,9,19H2,1H3. The highest BCUT2D eigenvalue weighted by Gasteiger charge is 2.34. The summed E-state index contributed by atoms with van der Waals surface area (Å²) in [7, 11) is 0. The van der Waals surface area contributed by atoms with Crippen LogP contribution >= 0.6 is 0 Å². The predicted octanol–water partition coefficient (Wildman–Crippen LogP) is 4.38. The monoisotopic (exact) mass is 287 g/mol. The molecule has 0 spiro atoms. The van der Waals surface area contributed by atoms with Crippen LogP contribution in [0.2, 0.25) is 0 Å². The fraction of sp³-hybridized carbons (Fsp3) is 0.600. The topological polar surface area (TPSA) is 35.2 Å². The molecule has 1 fully saturated rings. The average Bonchev–Trinajstić information content (AvgIpc) is 2.38. The molecule has 1 aromatic rings. The van der Waals surface area contributed by atoms with Gasteiger partial charge in [0, 0.05) is 5.69 Å². The number of nitrogen functional groups attached to an aromatic ring is 1. The second-order valence-corrected chi connectivity index (χ2v) is 5.53. The summed E-state index contributed by atoms with van der Waals surface area (Å²) in [5.74, 6) is 0.409. The molecule has 0 saturated heterocycles. The third-order valence-electron chi connectivity index (χ3n) is 3.93. The van der Waals surface area contributed by atoms with Crippen LogP contribution < -0.4 is 5.73 Å². The van der Waals surface area contributed by atoms with E-state index in [4.69, 9.17) is 10.5 Å². The molecule has 2 atom stereocenters. The summed E-state index contributed by atoms with van der Waals surface area (Å²) < 4.78 is 44.6. The Bertz CT molecular complexity index is 459. The largest absolute Gasteiger partial charge is 0.416 e. The van der Waals surface area contributed by atoms with Crippen LogP contribution in [0.25, 0.3) is 0 Å². The molecule has 2 N–H and O–H groups in total. The summed E-state index contributed by atoms with van der Waals surface area (Å²) in [5, 5.41) is 0. The van der Waals surface area contributed by atoms with Crippen molar-refractivity contribution in [1.29, 1.82) is 0 Å². The van der Waals surface area contributed by atoms with Gasteiger partial charge in [-0.2, -0.15) is 13.2 Å². The van der Waals surface area contributed by atoms with Crippen LogP contribution in [0.3, 0.4) is 0 Å². The normalized spacial score (nSPS) is 23.8. The SMILES string of the molecule is CC1CCCCC1OCc1ccc(N)cc1C(F)(F)F. The van der Waals surface area contributed by atoms with Crippen molar-refractivity contribution in [1.82, 2.24) is 0 Å². The smallest absolute Gasteiger partial charge is 0.399 e. The Morgan fingerprint density at radius 3 is 2.60 bits per heavy atom. The number of hydrogen-bond acceptors (Lipinski definition) is 2. The number of hydrogen-bond donors (Lipinski definition) is 1. The van der Waals surface area contributed by atoms with Crippen molar-refractivity contribution in [3.63, 3.8) is 0 Å². The van der Waals surface area contributed by atoms with Crippen LogP contribution in [0, 0.1) is 5.92 Å². The molecule has 2 unspecified atom stereocenters. The minimum atomic E-state index is -4.40. The fourth-order valence-electron chi connectivity index (χ4n) is 2.71. The van der Waals surface area contributed by atoms with Crippen molar-refractivity contribution < 1.29 is 17.9 Å². The first-order valence-corrected chi connectivity index (χ1v) is 6.95. The lowest BCUT2D eigenvalue weighted by Gasteiger charge is -2.29. The molecule has 0 bridgehead atoms. The van der Waals surface area contributed by atoms with Gasteiger partial charge in [-0.3, -0.25) is 0 Å². The number of anilines is 1. The number of rotatable bonds is 3. The summed E-state index contributed by atoms with van der Waals surface area (Å²) in [6.45, 7) is 2.08. The van der Waals surface area contributed by atoms with Crippen LogP contribution in [0.4, 0.5) is 18.9 Å². The maximum absolute atomic E-state index is 13.0. The zero-order valence-electron chi connectivity index (χ0n) is 11.5. The van der Waals surface area contributed by atoms with E-state index in [9.17, 15) is 13.2 Å². The van der Waals surface area contributed by atoms with Gasteiger partial charge in [0.1, 0.15) is 0 Å². The Balaban J connectivity index is 2.09. The molecule has 0 heterocycles. The van der Waals surface area contributed by atoms with E-state index in [1.807, 2.05) is 0 Å². The molecular formula is C15H20F3NO. The summed E-state index contributed by atoms with van der Waals surface area (Å²) in [6, 6.07) is 3.87. The van der Waals surface area contributed by atoms with Crippen molar-refractivity contribution >= 4 is 5.69 Å². The Kier molecular flexibility index (Phi) is 4.58. The van der Waals surface area contributed by atoms with Gasteiger partial charge >= 0.3 is 6.18 Å². The van der Waals surface area contributed by atoms with Gasteiger partial charge in [-0.25, -0.2) is 0 Å². The second kappa shape index (κ2) is 6.04. The van der Waals surface area contributed by atoms with Gasteiger partial charge < -0.3 is 10.5 Å². The fourth-order valence-corrected chi connectivity index (χ4v) is 2.71. The molecule has 20 heavy (non-hydrogen) atoms. The highest BCUT2D eigenvalue weighted by Crippen LogP contribution is 2.34. The Morgan fingerprint density at radius 1 is 1.25 bits per heavy atom. The molecule has 0 aromatic heterocycles. The molecule has 1 saturated carbocycles. The minimum absolute atomic E-state index is 0.00979. The highest BCUT2D eigenvalue weighted by atomic mass is 19.4. The van der Waals surface area contributed by atoms with Crippen LogP contribution in [-0.4, -0.2) is 6.10 Å². The number of benzene rings is 1. The quantitative estimate of drug-likeness (QED) is 0.837. The van der Waals surface area contributed by atoms with Crippen molar-refractivity contribution in [2.45, 2.75) is 51.5 Å². The van der Waals surface area contributed by atoms with E-state index in [2.05, 4.69) is 6.92 Å². The van der Waals surface area contributed by atoms with Crippen molar-refractivity contribution in [2.24, 2.45) is 5.92 Å². The van der Waals surface area contributed by atoms with Crippen LogP contribution in [-0.2, 0) is 17.5 Å². The van der Waals surface area contributed by atoms with E-state index in [0.717, 1.165) is 25.3 Å². The predicted molar refractivity (Wildman–Crippen MR) is 72.1 cm³/mol. The molecule has 2 nitrogen and oxygen atoms in total. The van der Waals surface area contributed by atoms with Gasteiger partial charge in [-0.15, -0.1) is 0 Å². The third kappa shape index (κ3) is 3.66. The first kappa shape index (κ1) is 15.2. The van der Waals surface area contributed by atoms with Crippen LogP contribution in [0.5, 0.6) is 0 Å². The molecule has 1 aromatic carbocycles. The average molecular weight is 287 g/mol. The van der Waals surface area contributed by atoms with Gasteiger partial charge in [0.2, 0.25) is 0 Å². The zero-order valence-corrected chi connectivity index (χ0v) is 11.5. The lowest BCUT2D eigenvalue weighted by atomic mass is 9.88. The van der Waals surface area contributed by atoms with Gasteiger partial charge in [-0.05, 0) is 36.5 Å². The number of ether oxygens (including phenoxy) is 1. The molecule has 1 aliphatic carbocycles. The molecule has 2 rings (SSSR count). The Morgan fingerprint density at radius 2 is 1.95 bits per heavy atom. The maximum Gasteiger partial charge on any atom is 0.416 e. The third-order valence-corrected chi connectivity index (χ3v) is 3.93. The summed E-state index contributed by atoms with van der Waals surface area (Å²) in [6.07, 6.45) is -0.0654. The molecule has 1 aliphatic rings. The number of nitrogens with two attached hydrogens (primary N) is 1. The number of halogens is 3. The van der Waals surface area contributed by atoms with E-state index < -0.39 is 11.7 Å². The van der Waals surface area contributed by atoms with E-state index >= 15 is 0 Å². The molecule has 5 heteroatoms. The summed E-state index contributed by atoms with van der Waals surface area (Å²) >= 11 is 0. The van der Waals surface area contributed by atoms with E-state index in [1.54, 1.807) is 0 Å². The van der Waals surface area contributed by atoms with Gasteiger partial charge in [-0.1, -0.05) is 25.8 Å². The van der Waals surface area contributed by atoms with Crippen LogP contribution in [0.1, 0.15) is 43.7 Å². The lowest BCUT2D eigenvalue weighted by Crippen LogP contribution is -2.25. The molecule has 112 valence electrons. The zero-order chi connectivity index (χ0) is 14.8. The van der Waals surface area contributed by atoms with Gasteiger partial charge in [0.15, 0.2) is 0 Å². The Hall–Kier alpha value is -1.23. The van der Waals surface area contributed by atoms with Crippen molar-refractivity contribution in [3.05, 3.63) is 29.3 Å².